The van der Waals surface area contributed by atoms with Crippen molar-refractivity contribution in [2.24, 2.45) is 0 Å². The van der Waals surface area contributed by atoms with E-state index in [1.54, 1.807) is 6.07 Å². The zero-order chi connectivity index (χ0) is 19.0. The molecule has 6 heteroatoms. The van der Waals surface area contributed by atoms with E-state index in [0.717, 1.165) is 10.2 Å². The summed E-state index contributed by atoms with van der Waals surface area (Å²) in [5.74, 6) is -0.0359. The van der Waals surface area contributed by atoms with Crippen molar-refractivity contribution >= 4 is 59.0 Å². The highest BCUT2D eigenvalue weighted by atomic mass is 79.9. The maximum atomic E-state index is 13.5. The van der Waals surface area contributed by atoms with Gasteiger partial charge < -0.3 is 4.57 Å². The molecular formula is C19H22BrCl2NOSi. The monoisotopic (exact) mass is 457 g/mol. The molecule has 0 spiro atoms. The van der Waals surface area contributed by atoms with Crippen LogP contribution in [0.25, 0.3) is 0 Å². The Labute approximate surface area is 169 Å². The second-order valence-electron chi connectivity index (χ2n) is 7.59. The van der Waals surface area contributed by atoms with Crippen LogP contribution in [0.3, 0.4) is 0 Å². The van der Waals surface area contributed by atoms with Crippen molar-refractivity contribution in [2.45, 2.75) is 38.9 Å². The molecule has 0 N–H and O–H groups in total. The molecule has 1 amide bonds. The largest absolute Gasteiger partial charge is 0.336 e. The van der Waals surface area contributed by atoms with Crippen LogP contribution in [0.5, 0.6) is 0 Å². The number of carbonyl (C=O) groups is 1. The van der Waals surface area contributed by atoms with E-state index in [1.807, 2.05) is 41.0 Å². The van der Waals surface area contributed by atoms with Crippen LogP contribution in [0, 0.1) is 0 Å². The van der Waals surface area contributed by atoms with Crippen molar-refractivity contribution < 1.29 is 4.79 Å². The molecule has 0 atom stereocenters. The van der Waals surface area contributed by atoms with Crippen LogP contribution in [-0.4, -0.2) is 14.1 Å². The second-order valence-corrected chi connectivity index (χ2v) is 14.4. The van der Waals surface area contributed by atoms with E-state index in [9.17, 15) is 4.79 Å². The standard InChI is InChI=1S/C19H22BrCl2NOSi/c1-19(2,3)25(4,5)23(17-11-15(21)10-16(22)12-17)18(24)13-7-6-8-14(20)9-13/h6-12H,1-5H3. The molecule has 0 radical (unpaired) electrons. The molecule has 2 nitrogen and oxygen atoms in total. The summed E-state index contributed by atoms with van der Waals surface area (Å²) in [7, 11) is -2.23. The van der Waals surface area contributed by atoms with E-state index in [2.05, 4.69) is 49.8 Å². The molecule has 0 fully saturated rings. The topological polar surface area (TPSA) is 20.3 Å². The lowest BCUT2D eigenvalue weighted by atomic mass is 10.2. The molecule has 134 valence electrons. The highest BCUT2D eigenvalue weighted by molar-refractivity contribution is 9.10. The van der Waals surface area contributed by atoms with Gasteiger partial charge in [-0.15, -0.1) is 0 Å². The summed E-state index contributed by atoms with van der Waals surface area (Å²) in [4.78, 5) is 13.5. The molecule has 0 heterocycles. The fourth-order valence-corrected chi connectivity index (χ4v) is 5.44. The molecule has 0 unspecified atom stereocenters. The molecule has 0 bridgehead atoms. The van der Waals surface area contributed by atoms with E-state index in [0.29, 0.717) is 15.6 Å². The number of halogens is 3. The average Bonchev–Trinajstić information content (AvgIpc) is 2.44. The van der Waals surface area contributed by atoms with Gasteiger partial charge in [0.05, 0.1) is 0 Å². The van der Waals surface area contributed by atoms with Crippen molar-refractivity contribution in [3.63, 3.8) is 0 Å². The Morgan fingerprint density at radius 1 is 1.04 bits per heavy atom. The van der Waals surface area contributed by atoms with Gasteiger partial charge in [-0.2, -0.15) is 0 Å². The predicted octanol–water partition coefficient (Wildman–Crippen LogP) is 7.41. The zero-order valence-corrected chi connectivity index (χ0v) is 19.1. The van der Waals surface area contributed by atoms with Gasteiger partial charge >= 0.3 is 0 Å². The molecule has 0 aromatic heterocycles. The van der Waals surface area contributed by atoms with Crippen molar-refractivity contribution in [1.29, 1.82) is 0 Å². The Kier molecular flexibility index (Phi) is 6.09. The van der Waals surface area contributed by atoms with E-state index in [-0.39, 0.29) is 10.9 Å². The van der Waals surface area contributed by atoms with Gasteiger partial charge in [0.2, 0.25) is 5.91 Å². The molecule has 0 aliphatic rings. The van der Waals surface area contributed by atoms with Crippen molar-refractivity contribution in [3.05, 3.63) is 62.5 Å². The molecule has 0 aliphatic carbocycles. The summed E-state index contributed by atoms with van der Waals surface area (Å²) in [5, 5.41) is 1.00. The molecule has 2 aromatic carbocycles. The summed E-state index contributed by atoms with van der Waals surface area (Å²) in [6, 6.07) is 12.7. The molecular weight excluding hydrogens is 437 g/mol. The molecule has 2 aromatic rings. The molecule has 0 aliphatic heterocycles. The lowest BCUT2D eigenvalue weighted by molar-refractivity contribution is 0.100. The Morgan fingerprint density at radius 2 is 1.60 bits per heavy atom. The first-order valence-corrected chi connectivity index (χ1v) is 12.5. The second kappa shape index (κ2) is 7.43. The third kappa shape index (κ3) is 4.48. The van der Waals surface area contributed by atoms with Gasteiger partial charge in [-0.3, -0.25) is 4.79 Å². The number of nitrogens with zero attached hydrogens (tertiary/aromatic N) is 1. The fourth-order valence-electron chi connectivity index (χ4n) is 2.45. The number of anilines is 1. The number of hydrogen-bond acceptors (Lipinski definition) is 1. The maximum Gasteiger partial charge on any atom is 0.250 e. The van der Waals surface area contributed by atoms with Crippen LogP contribution in [0.2, 0.25) is 28.2 Å². The van der Waals surface area contributed by atoms with Gasteiger partial charge in [0.1, 0.15) is 0 Å². The minimum atomic E-state index is -2.23. The molecule has 25 heavy (non-hydrogen) atoms. The van der Waals surface area contributed by atoms with E-state index in [1.165, 1.54) is 0 Å². The third-order valence-corrected chi connectivity index (χ3v) is 11.0. The van der Waals surface area contributed by atoms with Gasteiger partial charge in [0.25, 0.3) is 0 Å². The number of carbonyl (C=O) groups excluding carboxylic acids is 1. The number of benzene rings is 2. The third-order valence-electron chi connectivity index (χ3n) is 4.77. The fraction of sp³-hybridized carbons (Fsp3) is 0.316. The zero-order valence-electron chi connectivity index (χ0n) is 15.0. The van der Waals surface area contributed by atoms with Crippen LogP contribution in [-0.2, 0) is 0 Å². The van der Waals surface area contributed by atoms with Gasteiger partial charge in [0.15, 0.2) is 8.24 Å². The number of rotatable bonds is 3. The number of amides is 1. The quantitative estimate of drug-likeness (QED) is 0.438. The summed E-state index contributed by atoms with van der Waals surface area (Å²) >= 11 is 15.9. The Balaban J connectivity index is 2.66. The summed E-state index contributed by atoms with van der Waals surface area (Å²) in [5.41, 5.74) is 1.38. The lowest BCUT2D eigenvalue weighted by Crippen LogP contribution is -2.58. The normalized spacial score (nSPS) is 12.2. The van der Waals surface area contributed by atoms with Crippen LogP contribution in [0.1, 0.15) is 31.1 Å². The summed E-state index contributed by atoms with van der Waals surface area (Å²) in [6.07, 6.45) is 0. The van der Waals surface area contributed by atoms with E-state index in [4.69, 9.17) is 23.2 Å². The van der Waals surface area contributed by atoms with Crippen molar-refractivity contribution in [1.82, 2.24) is 0 Å². The lowest BCUT2D eigenvalue weighted by Gasteiger charge is -2.46. The minimum absolute atomic E-state index is 0.0359. The van der Waals surface area contributed by atoms with Gasteiger partial charge in [-0.05, 0) is 41.4 Å². The molecule has 0 saturated heterocycles. The highest BCUT2D eigenvalue weighted by Gasteiger charge is 2.44. The Hall–Kier alpha value is -0.813. The number of hydrogen-bond donors (Lipinski definition) is 0. The summed E-state index contributed by atoms with van der Waals surface area (Å²) < 4.78 is 2.80. The van der Waals surface area contributed by atoms with Gasteiger partial charge in [-0.1, -0.05) is 79.1 Å². The van der Waals surface area contributed by atoms with Crippen molar-refractivity contribution in [3.8, 4) is 0 Å². The van der Waals surface area contributed by atoms with Crippen LogP contribution < -0.4 is 4.57 Å². The SMILES string of the molecule is CC(C)(C)[Si](C)(C)N(C(=O)c1cccc(Br)c1)c1cc(Cl)cc(Cl)c1. The van der Waals surface area contributed by atoms with Crippen LogP contribution >= 0.6 is 39.1 Å². The highest BCUT2D eigenvalue weighted by Crippen LogP contribution is 2.42. The van der Waals surface area contributed by atoms with Crippen LogP contribution in [0.4, 0.5) is 5.69 Å². The van der Waals surface area contributed by atoms with Gasteiger partial charge in [0, 0.05) is 25.8 Å². The van der Waals surface area contributed by atoms with Crippen LogP contribution in [0.15, 0.2) is 46.9 Å². The Morgan fingerprint density at radius 3 is 2.08 bits per heavy atom. The first-order valence-electron chi connectivity index (χ1n) is 8.00. The average molecular weight is 459 g/mol. The molecule has 0 saturated carbocycles. The van der Waals surface area contributed by atoms with Gasteiger partial charge in [-0.25, -0.2) is 0 Å². The van der Waals surface area contributed by atoms with E-state index < -0.39 is 8.24 Å². The maximum absolute atomic E-state index is 13.5. The Bertz CT molecular complexity index is 782. The van der Waals surface area contributed by atoms with Crippen molar-refractivity contribution in [2.75, 3.05) is 4.57 Å². The minimum Gasteiger partial charge on any atom is -0.336 e. The first kappa shape index (κ1) is 20.5. The predicted molar refractivity (Wildman–Crippen MR) is 115 cm³/mol. The smallest absolute Gasteiger partial charge is 0.250 e. The first-order chi connectivity index (χ1) is 11.4. The molecule has 2 rings (SSSR count). The summed E-state index contributed by atoms with van der Waals surface area (Å²) in [6.45, 7) is 10.9. The van der Waals surface area contributed by atoms with E-state index >= 15 is 0 Å².